The van der Waals surface area contributed by atoms with Gasteiger partial charge in [0.05, 0.1) is 30.9 Å². The van der Waals surface area contributed by atoms with E-state index in [2.05, 4.69) is 20.3 Å². The van der Waals surface area contributed by atoms with Crippen LogP contribution in [0.1, 0.15) is 32.1 Å². The first kappa shape index (κ1) is 29.9. The van der Waals surface area contributed by atoms with Crippen LogP contribution in [0.5, 0.6) is 0 Å². The molecule has 4 aromatic heterocycles. The lowest BCUT2D eigenvalue weighted by molar-refractivity contribution is 0.0360. The van der Waals surface area contributed by atoms with Crippen LogP contribution in [0.25, 0.3) is 33.3 Å². The first-order valence-electron chi connectivity index (χ1n) is 15.5. The van der Waals surface area contributed by atoms with E-state index in [4.69, 9.17) is 21.3 Å². The van der Waals surface area contributed by atoms with E-state index < -0.39 is 10.0 Å². The van der Waals surface area contributed by atoms with Gasteiger partial charge in [-0.1, -0.05) is 49.1 Å². The molecule has 1 N–H and O–H groups in total. The van der Waals surface area contributed by atoms with Crippen molar-refractivity contribution in [3.63, 3.8) is 0 Å². The molecule has 1 saturated heterocycles. The maximum Gasteiger partial charge on any atom is 0.269 e. The fourth-order valence-electron chi connectivity index (χ4n) is 6.24. The minimum Gasteiger partial charge on any atom is -0.379 e. The maximum absolute atomic E-state index is 13.9. The van der Waals surface area contributed by atoms with Gasteiger partial charge in [-0.15, -0.1) is 0 Å². The van der Waals surface area contributed by atoms with Crippen LogP contribution < -0.4 is 5.32 Å². The number of fused-ring (bicyclic) bond motifs is 1. The first-order valence-corrected chi connectivity index (χ1v) is 17.3. The Morgan fingerprint density at radius 1 is 0.911 bits per heavy atom. The minimum atomic E-state index is -3.93. The molecule has 10 nitrogen and oxygen atoms in total. The summed E-state index contributed by atoms with van der Waals surface area (Å²) in [6, 6.07) is 14.5. The molecule has 234 valence electrons. The SMILES string of the molecule is O=S(=O)(c1ccccc1)n1cc(-c2cc(Cl)nc(NC3CCCCC3)c2)c2cc(-c3cnn(CCN4CCOCC4)c3)cnc21. The van der Waals surface area contributed by atoms with Crippen molar-refractivity contribution in [2.75, 3.05) is 38.2 Å². The Morgan fingerprint density at radius 2 is 1.71 bits per heavy atom. The number of hydrogen-bond donors (Lipinski definition) is 1. The molecule has 2 aliphatic rings. The fourth-order valence-corrected chi connectivity index (χ4v) is 7.80. The van der Waals surface area contributed by atoms with Gasteiger partial charge >= 0.3 is 0 Å². The van der Waals surface area contributed by atoms with Gasteiger partial charge in [0.2, 0.25) is 0 Å². The lowest BCUT2D eigenvalue weighted by Gasteiger charge is -2.26. The van der Waals surface area contributed by atoms with Gasteiger partial charge in [-0.2, -0.15) is 5.10 Å². The quantitative estimate of drug-likeness (QED) is 0.197. The number of anilines is 1. The van der Waals surface area contributed by atoms with Crippen LogP contribution in [0.2, 0.25) is 5.15 Å². The van der Waals surface area contributed by atoms with Crippen LogP contribution in [0.15, 0.2) is 78.2 Å². The summed E-state index contributed by atoms with van der Waals surface area (Å²) in [5, 5.41) is 9.19. The summed E-state index contributed by atoms with van der Waals surface area (Å²) >= 11 is 6.56. The van der Waals surface area contributed by atoms with Gasteiger partial charge in [0, 0.05) is 66.3 Å². The van der Waals surface area contributed by atoms with Crippen molar-refractivity contribution in [3.05, 3.63) is 78.5 Å². The van der Waals surface area contributed by atoms with Crippen LogP contribution in [0.3, 0.4) is 0 Å². The number of aromatic nitrogens is 5. The summed E-state index contributed by atoms with van der Waals surface area (Å²) in [7, 11) is -3.93. The standard InChI is InChI=1S/C33H36ClN7O3S/c34-31-18-24(19-32(38-31)37-27-7-3-1-4-8-27)30-23-41(45(42,43)28-9-5-2-6-10-28)33-29(30)17-25(20-35-33)26-21-36-40(22-26)12-11-39-13-15-44-16-14-39/h2,5-6,9-10,17-23,27H,1,3-4,7-8,11-16H2,(H,37,38). The van der Waals surface area contributed by atoms with Gasteiger partial charge in [-0.05, 0) is 48.7 Å². The molecule has 1 saturated carbocycles. The van der Waals surface area contributed by atoms with Crippen molar-refractivity contribution in [2.45, 2.75) is 49.6 Å². The summed E-state index contributed by atoms with van der Waals surface area (Å²) in [5.41, 5.74) is 3.56. The zero-order chi connectivity index (χ0) is 30.8. The molecule has 2 fully saturated rings. The zero-order valence-corrected chi connectivity index (χ0v) is 26.6. The Morgan fingerprint density at radius 3 is 2.51 bits per heavy atom. The van der Waals surface area contributed by atoms with E-state index in [1.165, 1.54) is 23.2 Å². The van der Waals surface area contributed by atoms with E-state index >= 15 is 0 Å². The first-order chi connectivity index (χ1) is 21.9. The van der Waals surface area contributed by atoms with E-state index in [1.807, 2.05) is 29.2 Å². The highest BCUT2D eigenvalue weighted by atomic mass is 35.5. The van der Waals surface area contributed by atoms with E-state index in [0.717, 1.165) is 68.9 Å². The molecule has 0 spiro atoms. The highest BCUT2D eigenvalue weighted by Crippen LogP contribution is 2.36. The number of ether oxygens (including phenoxy) is 1. The molecule has 0 unspecified atom stereocenters. The summed E-state index contributed by atoms with van der Waals surface area (Å²) in [4.78, 5) is 11.8. The highest BCUT2D eigenvalue weighted by Gasteiger charge is 2.24. The second kappa shape index (κ2) is 12.9. The number of nitrogens with one attached hydrogen (secondary N) is 1. The third-order valence-electron chi connectivity index (χ3n) is 8.69. The Hall–Kier alpha value is -3.77. The molecule has 7 rings (SSSR count). The zero-order valence-electron chi connectivity index (χ0n) is 25.0. The number of nitrogens with zero attached hydrogens (tertiary/aromatic N) is 6. The van der Waals surface area contributed by atoms with Crippen molar-refractivity contribution >= 4 is 38.5 Å². The molecule has 0 bridgehead atoms. The Labute approximate surface area is 268 Å². The number of hydrogen-bond acceptors (Lipinski definition) is 8. The van der Waals surface area contributed by atoms with Crippen LogP contribution in [0, 0.1) is 0 Å². The molecule has 5 aromatic rings. The second-order valence-electron chi connectivity index (χ2n) is 11.7. The maximum atomic E-state index is 13.9. The largest absolute Gasteiger partial charge is 0.379 e. The normalized spacial score (nSPS) is 16.7. The average molecular weight is 646 g/mol. The molecule has 0 amide bonds. The molecule has 12 heteroatoms. The van der Waals surface area contributed by atoms with Gasteiger partial charge in [0.15, 0.2) is 5.65 Å². The van der Waals surface area contributed by atoms with Crippen molar-refractivity contribution in [1.82, 2.24) is 28.6 Å². The molecule has 5 heterocycles. The predicted molar refractivity (Wildman–Crippen MR) is 176 cm³/mol. The lowest BCUT2D eigenvalue weighted by atomic mass is 9.95. The number of benzene rings is 1. The third kappa shape index (κ3) is 6.48. The summed E-state index contributed by atoms with van der Waals surface area (Å²) in [5.74, 6) is 0.682. The number of halogens is 1. The van der Waals surface area contributed by atoms with Gasteiger partial charge < -0.3 is 10.1 Å². The Bertz CT molecular complexity index is 1900. The topological polar surface area (TPSA) is 107 Å². The second-order valence-corrected chi connectivity index (χ2v) is 13.9. The molecule has 45 heavy (non-hydrogen) atoms. The van der Waals surface area contributed by atoms with Crippen LogP contribution >= 0.6 is 11.6 Å². The van der Waals surface area contributed by atoms with E-state index in [-0.39, 0.29) is 4.90 Å². The van der Waals surface area contributed by atoms with E-state index in [0.29, 0.717) is 33.6 Å². The minimum absolute atomic E-state index is 0.188. The highest BCUT2D eigenvalue weighted by molar-refractivity contribution is 7.90. The summed E-state index contributed by atoms with van der Waals surface area (Å²) in [6.45, 7) is 5.04. The van der Waals surface area contributed by atoms with Gasteiger partial charge in [0.1, 0.15) is 11.0 Å². The molecule has 0 atom stereocenters. The third-order valence-corrected chi connectivity index (χ3v) is 10.5. The lowest BCUT2D eigenvalue weighted by Crippen LogP contribution is -2.38. The van der Waals surface area contributed by atoms with E-state index in [1.54, 1.807) is 48.8 Å². The molecule has 1 aromatic carbocycles. The van der Waals surface area contributed by atoms with Crippen molar-refractivity contribution in [3.8, 4) is 22.3 Å². The predicted octanol–water partition coefficient (Wildman–Crippen LogP) is 5.93. The molecule has 1 aliphatic carbocycles. The van der Waals surface area contributed by atoms with Gasteiger partial charge in [0.25, 0.3) is 10.0 Å². The Kier molecular flexibility index (Phi) is 8.59. The monoisotopic (exact) mass is 645 g/mol. The van der Waals surface area contributed by atoms with E-state index in [9.17, 15) is 8.42 Å². The summed E-state index contributed by atoms with van der Waals surface area (Å²) < 4.78 is 36.5. The molecule has 0 radical (unpaired) electrons. The van der Waals surface area contributed by atoms with Crippen LogP contribution in [-0.4, -0.2) is 75.9 Å². The number of pyridine rings is 2. The van der Waals surface area contributed by atoms with Gasteiger partial charge in [-0.3, -0.25) is 9.58 Å². The van der Waals surface area contributed by atoms with Crippen LogP contribution in [-0.2, 0) is 21.3 Å². The number of morpholine rings is 1. The van der Waals surface area contributed by atoms with Crippen LogP contribution in [0.4, 0.5) is 5.82 Å². The van der Waals surface area contributed by atoms with Gasteiger partial charge in [-0.25, -0.2) is 22.4 Å². The van der Waals surface area contributed by atoms with Crippen molar-refractivity contribution in [1.29, 1.82) is 0 Å². The molecular weight excluding hydrogens is 610 g/mol. The smallest absolute Gasteiger partial charge is 0.269 e. The van der Waals surface area contributed by atoms with Crippen molar-refractivity contribution in [2.24, 2.45) is 0 Å². The fraction of sp³-hybridized carbons (Fsp3) is 0.364. The van der Waals surface area contributed by atoms with Crippen molar-refractivity contribution < 1.29 is 13.2 Å². The molecular formula is C33H36ClN7O3S. The Balaban J connectivity index is 1.28. The average Bonchev–Trinajstić information content (AvgIpc) is 3.70. The number of rotatable bonds is 9. The summed E-state index contributed by atoms with van der Waals surface area (Å²) in [6.07, 6.45) is 13.0. The molecule has 1 aliphatic heterocycles.